The van der Waals surface area contributed by atoms with Gasteiger partial charge < -0.3 is 15.4 Å². The summed E-state index contributed by atoms with van der Waals surface area (Å²) in [5.74, 6) is -1.63. The van der Waals surface area contributed by atoms with E-state index in [1.54, 1.807) is 0 Å². The molecule has 2 atom stereocenters. The number of benzene rings is 3. The van der Waals surface area contributed by atoms with Crippen molar-refractivity contribution in [3.8, 4) is 16.9 Å². The molecule has 41 heavy (non-hydrogen) atoms. The van der Waals surface area contributed by atoms with Crippen LogP contribution in [0.5, 0.6) is 5.75 Å². The fourth-order valence-electron chi connectivity index (χ4n) is 4.24. The van der Waals surface area contributed by atoms with Crippen molar-refractivity contribution >= 4 is 39.1 Å². The third-order valence-electron chi connectivity index (χ3n) is 6.22. The average Bonchev–Trinajstić information content (AvgIpc) is 2.91. The maximum atomic E-state index is 14.1. The van der Waals surface area contributed by atoms with E-state index >= 15 is 0 Å². The molecule has 0 saturated heterocycles. The Kier molecular flexibility index (Phi) is 8.50. The van der Waals surface area contributed by atoms with Gasteiger partial charge in [-0.15, -0.1) is 0 Å². The quantitative estimate of drug-likeness (QED) is 0.374. The maximum absolute atomic E-state index is 14.1. The molecule has 3 aromatic rings. The lowest BCUT2D eigenvalue weighted by molar-refractivity contribution is -0.137. The Labute approximate surface area is 238 Å². The zero-order chi connectivity index (χ0) is 30.1. The summed E-state index contributed by atoms with van der Waals surface area (Å²) in [4.78, 5) is 23.0. The van der Waals surface area contributed by atoms with Gasteiger partial charge in [0.25, 0.3) is 10.0 Å². The number of fused-ring (bicyclic) bond motifs is 1. The highest BCUT2D eigenvalue weighted by Crippen LogP contribution is 2.42. The van der Waals surface area contributed by atoms with Gasteiger partial charge in [0.15, 0.2) is 0 Å². The van der Waals surface area contributed by atoms with Crippen molar-refractivity contribution in [2.45, 2.75) is 37.1 Å². The van der Waals surface area contributed by atoms with Crippen LogP contribution in [0.4, 0.5) is 23.2 Å². The van der Waals surface area contributed by atoms with Gasteiger partial charge in [0, 0.05) is 12.5 Å². The lowest BCUT2D eigenvalue weighted by Gasteiger charge is -2.36. The summed E-state index contributed by atoms with van der Waals surface area (Å²) in [6.45, 7) is 2.12. The molecule has 3 aromatic carbocycles. The highest BCUT2D eigenvalue weighted by Gasteiger charge is 2.37. The number of sulfonamides is 1. The lowest BCUT2D eigenvalue weighted by atomic mass is 10.0. The monoisotopic (exact) mass is 613 g/mol. The van der Waals surface area contributed by atoms with Crippen LogP contribution in [-0.2, 0) is 25.8 Å². The van der Waals surface area contributed by atoms with Gasteiger partial charge in [-0.25, -0.2) is 12.8 Å². The first kappa shape index (κ1) is 30.1. The summed E-state index contributed by atoms with van der Waals surface area (Å²) in [6.07, 6.45) is -5.74. The average molecular weight is 614 g/mol. The van der Waals surface area contributed by atoms with E-state index < -0.39 is 56.4 Å². The number of rotatable bonds is 7. The summed E-state index contributed by atoms with van der Waals surface area (Å²) in [5, 5.41) is 4.79. The van der Waals surface area contributed by atoms with E-state index in [1.165, 1.54) is 44.2 Å². The summed E-state index contributed by atoms with van der Waals surface area (Å²) in [5.41, 5.74) is -0.582. The number of hydrogen-bond donors (Lipinski definition) is 2. The third-order valence-corrected chi connectivity index (χ3v) is 8.38. The van der Waals surface area contributed by atoms with E-state index in [0.717, 1.165) is 28.6 Å². The zero-order valence-electron chi connectivity index (χ0n) is 21.6. The minimum atomic E-state index is -4.78. The van der Waals surface area contributed by atoms with Gasteiger partial charge in [0.05, 0.1) is 34.3 Å². The Balaban J connectivity index is 1.75. The normalized spacial score (nSPS) is 15.9. The van der Waals surface area contributed by atoms with E-state index in [1.807, 2.05) is 0 Å². The second kappa shape index (κ2) is 11.6. The topological polar surface area (TPSA) is 105 Å². The minimum Gasteiger partial charge on any atom is -0.484 e. The molecule has 1 heterocycles. The van der Waals surface area contributed by atoms with Gasteiger partial charge in [-0.1, -0.05) is 35.9 Å². The van der Waals surface area contributed by atoms with Crippen molar-refractivity contribution in [3.63, 3.8) is 0 Å². The van der Waals surface area contributed by atoms with Crippen LogP contribution in [0.1, 0.15) is 19.4 Å². The molecule has 14 heteroatoms. The van der Waals surface area contributed by atoms with Crippen molar-refractivity contribution in [2.75, 3.05) is 17.4 Å². The number of carbonyl (C=O) groups excluding carboxylic acids is 2. The molecule has 0 saturated carbocycles. The molecule has 1 aliphatic heterocycles. The number of carbonyl (C=O) groups is 2. The molecule has 0 aromatic heterocycles. The van der Waals surface area contributed by atoms with Crippen molar-refractivity contribution in [1.82, 2.24) is 10.6 Å². The largest absolute Gasteiger partial charge is 0.484 e. The highest BCUT2D eigenvalue weighted by atomic mass is 35.5. The summed E-state index contributed by atoms with van der Waals surface area (Å²) in [6, 6.07) is 10.9. The molecule has 218 valence electrons. The number of alkyl halides is 3. The first-order chi connectivity index (χ1) is 19.2. The molecule has 2 amide bonds. The summed E-state index contributed by atoms with van der Waals surface area (Å²) < 4.78 is 88.7. The van der Waals surface area contributed by atoms with Crippen LogP contribution < -0.4 is 19.7 Å². The standard InChI is InChI=1S/C27H24ClF4N3O5S/c1-15(34-16(2)36)26(37)33-13-19-14-35(41(38,39)20-6-3-5-18(12-20)27(30,31)32)23-11-17(9-10-24(23)40-19)21-7-4-8-22(29)25(21)28/h3-12,15,19H,13-14H2,1-2H3,(H,33,37)(H,34,36)/t15-,19+/m1/s1. The molecule has 0 aliphatic carbocycles. The summed E-state index contributed by atoms with van der Waals surface area (Å²) >= 11 is 6.13. The number of amides is 2. The predicted octanol–water partition coefficient (Wildman–Crippen LogP) is 4.76. The van der Waals surface area contributed by atoms with Gasteiger partial charge >= 0.3 is 6.18 Å². The van der Waals surface area contributed by atoms with Crippen LogP contribution in [-0.4, -0.2) is 45.5 Å². The number of halogens is 5. The Morgan fingerprint density at radius 2 is 1.83 bits per heavy atom. The van der Waals surface area contributed by atoms with Crippen LogP contribution in [0, 0.1) is 5.82 Å². The van der Waals surface area contributed by atoms with Gasteiger partial charge in [-0.05, 0) is 48.9 Å². The SMILES string of the molecule is CC(=O)N[C@H](C)C(=O)NC[C@H]1CN(S(=O)(=O)c2cccc(C(F)(F)F)c2)c2cc(-c3cccc(F)c3Cl)ccc2O1. The smallest absolute Gasteiger partial charge is 0.416 e. The van der Waals surface area contributed by atoms with E-state index in [2.05, 4.69) is 10.6 Å². The zero-order valence-corrected chi connectivity index (χ0v) is 23.2. The predicted molar refractivity (Wildman–Crippen MR) is 144 cm³/mol. The second-order valence-corrected chi connectivity index (χ2v) is 11.5. The first-order valence-electron chi connectivity index (χ1n) is 12.2. The maximum Gasteiger partial charge on any atom is 0.416 e. The molecule has 1 aliphatic rings. The van der Waals surface area contributed by atoms with Crippen LogP contribution in [0.15, 0.2) is 65.6 Å². The van der Waals surface area contributed by atoms with Gasteiger partial charge in [0.2, 0.25) is 11.8 Å². The molecule has 0 spiro atoms. The van der Waals surface area contributed by atoms with Crippen molar-refractivity contribution in [3.05, 3.63) is 77.1 Å². The molecule has 8 nitrogen and oxygen atoms in total. The van der Waals surface area contributed by atoms with Gasteiger partial charge in [-0.3, -0.25) is 13.9 Å². The van der Waals surface area contributed by atoms with Crippen molar-refractivity contribution in [1.29, 1.82) is 0 Å². The number of nitrogens with one attached hydrogen (secondary N) is 2. The first-order valence-corrected chi connectivity index (χ1v) is 14.0. The number of hydrogen-bond acceptors (Lipinski definition) is 5. The third kappa shape index (κ3) is 6.57. The van der Waals surface area contributed by atoms with Crippen LogP contribution >= 0.6 is 11.6 Å². The van der Waals surface area contributed by atoms with Gasteiger partial charge in [0.1, 0.15) is 23.7 Å². The molecule has 0 bridgehead atoms. The number of nitrogens with zero attached hydrogens (tertiary/aromatic N) is 1. The van der Waals surface area contributed by atoms with Crippen LogP contribution in [0.3, 0.4) is 0 Å². The van der Waals surface area contributed by atoms with E-state index in [9.17, 15) is 35.6 Å². The van der Waals surface area contributed by atoms with E-state index in [-0.39, 0.29) is 35.1 Å². The molecule has 4 rings (SSSR count). The molecular formula is C27H24ClF4N3O5S. The number of ether oxygens (including phenoxy) is 1. The van der Waals surface area contributed by atoms with Crippen molar-refractivity contribution in [2.24, 2.45) is 0 Å². The van der Waals surface area contributed by atoms with E-state index in [4.69, 9.17) is 16.3 Å². The van der Waals surface area contributed by atoms with Gasteiger partial charge in [-0.2, -0.15) is 13.2 Å². The van der Waals surface area contributed by atoms with Crippen LogP contribution in [0.2, 0.25) is 5.02 Å². The number of anilines is 1. The fraction of sp³-hybridized carbons (Fsp3) is 0.259. The van der Waals surface area contributed by atoms with E-state index in [0.29, 0.717) is 11.6 Å². The summed E-state index contributed by atoms with van der Waals surface area (Å²) in [7, 11) is -4.60. The van der Waals surface area contributed by atoms with Crippen LogP contribution in [0.25, 0.3) is 11.1 Å². The molecule has 0 radical (unpaired) electrons. The van der Waals surface area contributed by atoms with Crippen molar-refractivity contribution < 1.29 is 40.3 Å². The highest BCUT2D eigenvalue weighted by molar-refractivity contribution is 7.92. The minimum absolute atomic E-state index is 0.0190. The Bertz CT molecular complexity index is 1600. The Hall–Kier alpha value is -3.84. The Morgan fingerprint density at radius 3 is 2.51 bits per heavy atom. The molecule has 0 unspecified atom stereocenters. The Morgan fingerprint density at radius 1 is 1.12 bits per heavy atom. The fourth-order valence-corrected chi connectivity index (χ4v) is 6.02. The second-order valence-electron chi connectivity index (χ2n) is 9.25. The lowest BCUT2D eigenvalue weighted by Crippen LogP contribution is -2.51. The molecular weight excluding hydrogens is 590 g/mol. The molecule has 2 N–H and O–H groups in total. The molecule has 0 fully saturated rings.